The Morgan fingerprint density at radius 3 is 2.57 bits per heavy atom. The van der Waals surface area contributed by atoms with Gasteiger partial charge >= 0.3 is 0 Å². The van der Waals surface area contributed by atoms with Crippen LogP contribution in [0.25, 0.3) is 16.5 Å². The minimum atomic E-state index is 0.0540. The first-order valence-electron chi connectivity index (χ1n) is 7.14. The summed E-state index contributed by atoms with van der Waals surface area (Å²) in [5.74, 6) is 0.539. The molecule has 2 aromatic rings. The predicted molar refractivity (Wildman–Crippen MR) is 91.3 cm³/mol. The molecule has 0 atom stereocenters. The molecule has 0 aliphatic carbocycles. The van der Waals surface area contributed by atoms with Crippen molar-refractivity contribution >= 4 is 23.3 Å². The molecule has 1 aromatic heterocycles. The topological polar surface area (TPSA) is 20.3 Å². The zero-order valence-electron chi connectivity index (χ0n) is 12.7. The van der Waals surface area contributed by atoms with E-state index in [0.717, 1.165) is 11.4 Å². The zero-order valence-corrected chi connectivity index (χ0v) is 13.6. The maximum absolute atomic E-state index is 12.0. The summed E-state index contributed by atoms with van der Waals surface area (Å²) in [4.78, 5) is 16.0. The van der Waals surface area contributed by atoms with Gasteiger partial charge in [-0.2, -0.15) is 0 Å². The average molecular weight is 299 g/mol. The molecule has 0 bridgehead atoms. The summed E-state index contributed by atoms with van der Waals surface area (Å²) in [6.45, 7) is 5.00. The van der Waals surface area contributed by atoms with E-state index >= 15 is 0 Å². The fraction of sp³-hybridized carbons (Fsp3) is 0.278. The van der Waals surface area contributed by atoms with Crippen LogP contribution in [0, 0.1) is 5.92 Å². The molecular formula is C18H21NOS. The van der Waals surface area contributed by atoms with Crippen molar-refractivity contribution in [3.63, 3.8) is 0 Å². The summed E-state index contributed by atoms with van der Waals surface area (Å²) < 4.78 is 0. The summed E-state index contributed by atoms with van der Waals surface area (Å²) in [6.07, 6.45) is 3.55. The van der Waals surface area contributed by atoms with E-state index in [9.17, 15) is 4.79 Å². The summed E-state index contributed by atoms with van der Waals surface area (Å²) in [5, 5.41) is 0. The number of amides is 1. The van der Waals surface area contributed by atoms with Crippen molar-refractivity contribution in [2.24, 2.45) is 5.92 Å². The van der Waals surface area contributed by atoms with Crippen LogP contribution in [0.3, 0.4) is 0 Å². The maximum Gasteiger partial charge on any atom is 0.246 e. The van der Waals surface area contributed by atoms with Gasteiger partial charge in [-0.1, -0.05) is 44.2 Å². The molecule has 0 saturated carbocycles. The van der Waals surface area contributed by atoms with Crippen molar-refractivity contribution in [1.82, 2.24) is 4.90 Å². The third kappa shape index (κ3) is 4.57. The van der Waals surface area contributed by atoms with Gasteiger partial charge in [0.25, 0.3) is 0 Å². The lowest BCUT2D eigenvalue weighted by molar-refractivity contribution is -0.125. The lowest BCUT2D eigenvalue weighted by Gasteiger charge is -2.17. The van der Waals surface area contributed by atoms with Gasteiger partial charge in [0.1, 0.15) is 0 Å². The molecule has 0 fully saturated rings. The van der Waals surface area contributed by atoms with Gasteiger partial charge in [-0.15, -0.1) is 11.3 Å². The number of nitrogens with zero attached hydrogens (tertiary/aromatic N) is 1. The van der Waals surface area contributed by atoms with E-state index in [1.165, 1.54) is 10.4 Å². The molecule has 21 heavy (non-hydrogen) atoms. The number of rotatable bonds is 5. The highest BCUT2D eigenvalue weighted by atomic mass is 32.1. The smallest absolute Gasteiger partial charge is 0.246 e. The van der Waals surface area contributed by atoms with Gasteiger partial charge in [-0.3, -0.25) is 4.79 Å². The van der Waals surface area contributed by atoms with Crippen molar-refractivity contribution in [2.75, 3.05) is 13.6 Å². The molecule has 0 aliphatic rings. The Hall–Kier alpha value is -1.87. The molecule has 2 nitrogen and oxygen atoms in total. The molecule has 2 rings (SSSR count). The molecule has 0 aliphatic heterocycles. The number of benzene rings is 1. The van der Waals surface area contributed by atoms with Crippen LogP contribution < -0.4 is 0 Å². The minimum Gasteiger partial charge on any atom is -0.342 e. The summed E-state index contributed by atoms with van der Waals surface area (Å²) in [5.41, 5.74) is 1.21. The van der Waals surface area contributed by atoms with Crippen molar-refractivity contribution in [1.29, 1.82) is 0 Å². The van der Waals surface area contributed by atoms with Crippen LogP contribution in [0.5, 0.6) is 0 Å². The Kier molecular flexibility index (Phi) is 5.34. The van der Waals surface area contributed by atoms with Gasteiger partial charge < -0.3 is 4.90 Å². The quantitative estimate of drug-likeness (QED) is 0.742. The Bertz CT molecular complexity index is 613. The van der Waals surface area contributed by atoms with Gasteiger partial charge in [0.15, 0.2) is 0 Å². The molecule has 0 radical (unpaired) electrons. The van der Waals surface area contributed by atoms with Gasteiger partial charge in [-0.25, -0.2) is 0 Å². The second-order valence-electron chi connectivity index (χ2n) is 5.51. The van der Waals surface area contributed by atoms with Crippen LogP contribution in [-0.4, -0.2) is 24.4 Å². The predicted octanol–water partition coefficient (Wildman–Crippen LogP) is 4.54. The first-order chi connectivity index (χ1) is 10.1. The fourth-order valence-electron chi connectivity index (χ4n) is 2.12. The normalized spacial score (nSPS) is 11.2. The Labute approximate surface area is 130 Å². The van der Waals surface area contributed by atoms with E-state index < -0.39 is 0 Å². The first-order valence-corrected chi connectivity index (χ1v) is 7.96. The monoisotopic (exact) mass is 299 g/mol. The molecular weight excluding hydrogens is 278 g/mol. The van der Waals surface area contributed by atoms with Crippen LogP contribution in [0.4, 0.5) is 0 Å². The molecule has 0 unspecified atom stereocenters. The van der Waals surface area contributed by atoms with Crippen LogP contribution in [0.1, 0.15) is 18.7 Å². The lowest BCUT2D eigenvalue weighted by Crippen LogP contribution is -2.28. The van der Waals surface area contributed by atoms with E-state index in [2.05, 4.69) is 38.1 Å². The van der Waals surface area contributed by atoms with E-state index in [1.807, 2.05) is 31.3 Å². The lowest BCUT2D eigenvalue weighted by atomic mass is 10.2. The Balaban J connectivity index is 2.02. The number of thiophene rings is 1. The molecule has 1 heterocycles. The second kappa shape index (κ2) is 7.23. The second-order valence-corrected chi connectivity index (χ2v) is 6.63. The maximum atomic E-state index is 12.0. The third-order valence-corrected chi connectivity index (χ3v) is 4.19. The van der Waals surface area contributed by atoms with Gasteiger partial charge in [0.05, 0.1) is 0 Å². The molecule has 0 N–H and O–H groups in total. The molecule has 0 saturated heterocycles. The number of carbonyl (C=O) groups is 1. The SMILES string of the molecule is CC(C)CN(C)C(=O)/C=C\c1ccc(-c2ccccc2)s1. The van der Waals surface area contributed by atoms with E-state index in [-0.39, 0.29) is 5.91 Å². The molecule has 1 amide bonds. The average Bonchev–Trinajstić information content (AvgIpc) is 2.94. The molecule has 110 valence electrons. The highest BCUT2D eigenvalue weighted by molar-refractivity contribution is 7.16. The molecule has 1 aromatic carbocycles. The summed E-state index contributed by atoms with van der Waals surface area (Å²) in [6, 6.07) is 14.4. The summed E-state index contributed by atoms with van der Waals surface area (Å²) in [7, 11) is 1.84. The van der Waals surface area contributed by atoms with Gasteiger partial charge in [0.2, 0.25) is 5.91 Å². The first kappa shape index (κ1) is 15.5. The number of likely N-dealkylation sites (N-methyl/N-ethyl adjacent to an activating group) is 1. The van der Waals surface area contributed by atoms with Crippen molar-refractivity contribution in [2.45, 2.75) is 13.8 Å². The van der Waals surface area contributed by atoms with E-state index in [0.29, 0.717) is 5.92 Å². The number of carbonyl (C=O) groups excluding carboxylic acids is 1. The van der Waals surface area contributed by atoms with E-state index in [1.54, 1.807) is 22.3 Å². The third-order valence-electron chi connectivity index (χ3n) is 3.09. The van der Waals surface area contributed by atoms with Crippen molar-refractivity contribution in [3.05, 3.63) is 53.4 Å². The van der Waals surface area contributed by atoms with E-state index in [4.69, 9.17) is 0 Å². The Morgan fingerprint density at radius 2 is 1.90 bits per heavy atom. The van der Waals surface area contributed by atoms with Crippen LogP contribution >= 0.6 is 11.3 Å². The molecule has 3 heteroatoms. The van der Waals surface area contributed by atoms with Crippen LogP contribution in [0.2, 0.25) is 0 Å². The minimum absolute atomic E-state index is 0.0540. The largest absolute Gasteiger partial charge is 0.342 e. The summed E-state index contributed by atoms with van der Waals surface area (Å²) >= 11 is 1.70. The van der Waals surface area contributed by atoms with Gasteiger partial charge in [0, 0.05) is 29.4 Å². The van der Waals surface area contributed by atoms with Crippen LogP contribution in [0.15, 0.2) is 48.5 Å². The standard InChI is InChI=1S/C18H21NOS/c1-14(2)13-19(3)18(20)12-10-16-9-11-17(21-16)15-7-5-4-6-8-15/h4-12,14H,13H2,1-3H3/b12-10-. The number of hydrogen-bond donors (Lipinski definition) is 0. The van der Waals surface area contributed by atoms with Crippen molar-refractivity contribution in [3.8, 4) is 10.4 Å². The highest BCUT2D eigenvalue weighted by Crippen LogP contribution is 2.28. The van der Waals surface area contributed by atoms with Gasteiger partial charge in [-0.05, 0) is 29.7 Å². The number of hydrogen-bond acceptors (Lipinski definition) is 2. The van der Waals surface area contributed by atoms with Crippen LogP contribution in [-0.2, 0) is 4.79 Å². The zero-order chi connectivity index (χ0) is 15.2. The molecule has 0 spiro atoms. The fourth-order valence-corrected chi connectivity index (χ4v) is 3.03. The highest BCUT2D eigenvalue weighted by Gasteiger charge is 2.07. The Morgan fingerprint density at radius 1 is 1.19 bits per heavy atom. The van der Waals surface area contributed by atoms with Crippen molar-refractivity contribution < 1.29 is 4.79 Å².